The summed E-state index contributed by atoms with van der Waals surface area (Å²) in [6.45, 7) is 3.27. The summed E-state index contributed by atoms with van der Waals surface area (Å²) in [6.07, 6.45) is 8.09. The van der Waals surface area contributed by atoms with E-state index in [4.69, 9.17) is 4.42 Å². The van der Waals surface area contributed by atoms with Crippen LogP contribution in [0.4, 0.5) is 5.69 Å². The predicted molar refractivity (Wildman–Crippen MR) is 116 cm³/mol. The van der Waals surface area contributed by atoms with Crippen LogP contribution in [0.25, 0.3) is 17.0 Å². The van der Waals surface area contributed by atoms with E-state index in [9.17, 15) is 9.59 Å². The lowest BCUT2D eigenvalue weighted by Crippen LogP contribution is -2.29. The fourth-order valence-corrected chi connectivity index (χ4v) is 3.63. The van der Waals surface area contributed by atoms with Gasteiger partial charge in [-0.25, -0.2) is 0 Å². The average molecular weight is 388 g/mol. The molecule has 4 rings (SSSR count). The van der Waals surface area contributed by atoms with E-state index in [-0.39, 0.29) is 11.3 Å². The van der Waals surface area contributed by atoms with Crippen LogP contribution in [0.15, 0.2) is 70.1 Å². The Balaban J connectivity index is 1.38. The highest BCUT2D eigenvalue weighted by atomic mass is 16.3. The third-order valence-corrected chi connectivity index (χ3v) is 5.20. The Morgan fingerprint density at radius 3 is 2.59 bits per heavy atom. The average Bonchev–Trinajstić information content (AvgIpc) is 2.76. The normalized spacial score (nSPS) is 15.0. The molecule has 0 saturated carbocycles. The number of carbonyl (C=O) groups excluding carboxylic acids is 1. The summed E-state index contributed by atoms with van der Waals surface area (Å²) in [5.41, 5.74) is 2.69. The molecule has 148 valence electrons. The number of carbonyl (C=O) groups is 1. The van der Waals surface area contributed by atoms with Crippen LogP contribution in [0.1, 0.15) is 30.4 Å². The van der Waals surface area contributed by atoms with E-state index < -0.39 is 0 Å². The van der Waals surface area contributed by atoms with Crippen LogP contribution in [0.3, 0.4) is 0 Å². The smallest absolute Gasteiger partial charge is 0.248 e. The van der Waals surface area contributed by atoms with E-state index in [1.807, 2.05) is 30.3 Å². The SMILES string of the molecule is O=C(/C=C/c1coc2ccccc2c1=O)Nc1ccc(CN2CCCCC2)cc1. The number of para-hydroxylation sites is 1. The summed E-state index contributed by atoms with van der Waals surface area (Å²) in [5.74, 6) is -0.290. The van der Waals surface area contributed by atoms with Gasteiger partial charge in [0.25, 0.3) is 0 Å². The number of hydrogen-bond donors (Lipinski definition) is 1. The molecule has 0 bridgehead atoms. The second kappa shape index (κ2) is 8.88. The lowest BCUT2D eigenvalue weighted by Gasteiger charge is -2.26. The number of piperidine rings is 1. The van der Waals surface area contributed by atoms with E-state index in [1.165, 1.54) is 43.2 Å². The molecule has 5 heteroatoms. The lowest BCUT2D eigenvalue weighted by molar-refractivity contribution is -0.111. The highest BCUT2D eigenvalue weighted by Gasteiger charge is 2.10. The van der Waals surface area contributed by atoms with Gasteiger partial charge < -0.3 is 9.73 Å². The van der Waals surface area contributed by atoms with Gasteiger partial charge in [0, 0.05) is 18.3 Å². The zero-order chi connectivity index (χ0) is 20.1. The first kappa shape index (κ1) is 19.2. The molecule has 3 aromatic rings. The van der Waals surface area contributed by atoms with Crippen LogP contribution in [0, 0.1) is 0 Å². The molecular formula is C24H24N2O3. The van der Waals surface area contributed by atoms with Gasteiger partial charge in [0.1, 0.15) is 11.8 Å². The standard InChI is InChI=1S/C24H24N2O3/c27-23(13-10-19-17-29-22-7-3-2-6-21(22)24(19)28)25-20-11-8-18(9-12-20)16-26-14-4-1-5-15-26/h2-3,6-13,17H,1,4-5,14-16H2,(H,25,27)/b13-10+. The van der Waals surface area contributed by atoms with E-state index in [0.717, 1.165) is 25.3 Å². The molecule has 29 heavy (non-hydrogen) atoms. The topological polar surface area (TPSA) is 62.6 Å². The molecule has 1 aromatic heterocycles. The Labute approximate surface area is 169 Å². The monoisotopic (exact) mass is 388 g/mol. The molecule has 0 radical (unpaired) electrons. The third-order valence-electron chi connectivity index (χ3n) is 5.20. The minimum Gasteiger partial charge on any atom is -0.463 e. The second-order valence-corrected chi connectivity index (χ2v) is 7.37. The summed E-state index contributed by atoms with van der Waals surface area (Å²) >= 11 is 0. The van der Waals surface area contributed by atoms with Crippen molar-refractivity contribution in [1.29, 1.82) is 0 Å². The quantitative estimate of drug-likeness (QED) is 0.657. The van der Waals surface area contributed by atoms with Crippen LogP contribution in [-0.2, 0) is 11.3 Å². The number of amides is 1. The maximum atomic E-state index is 12.5. The van der Waals surface area contributed by atoms with Crippen molar-refractivity contribution in [2.45, 2.75) is 25.8 Å². The van der Waals surface area contributed by atoms with E-state index in [0.29, 0.717) is 16.5 Å². The van der Waals surface area contributed by atoms with Crippen molar-refractivity contribution in [2.24, 2.45) is 0 Å². The van der Waals surface area contributed by atoms with Gasteiger partial charge in [-0.1, -0.05) is 30.7 Å². The van der Waals surface area contributed by atoms with Gasteiger partial charge in [-0.3, -0.25) is 14.5 Å². The number of likely N-dealkylation sites (tertiary alicyclic amines) is 1. The maximum absolute atomic E-state index is 12.5. The molecule has 1 aliphatic heterocycles. The van der Waals surface area contributed by atoms with Gasteiger partial charge in [0.2, 0.25) is 5.91 Å². The van der Waals surface area contributed by atoms with E-state index in [1.54, 1.807) is 18.2 Å². The molecule has 1 N–H and O–H groups in total. The van der Waals surface area contributed by atoms with Crippen LogP contribution in [0.2, 0.25) is 0 Å². The minimum absolute atomic E-state index is 0.155. The molecule has 5 nitrogen and oxygen atoms in total. The number of benzene rings is 2. The molecule has 1 saturated heterocycles. The summed E-state index contributed by atoms with van der Waals surface area (Å²) in [7, 11) is 0. The van der Waals surface area contributed by atoms with Crippen molar-refractivity contribution in [3.63, 3.8) is 0 Å². The molecule has 2 aromatic carbocycles. The third kappa shape index (κ3) is 4.81. The van der Waals surface area contributed by atoms with Gasteiger partial charge in [0.05, 0.1) is 10.9 Å². The van der Waals surface area contributed by atoms with Crippen LogP contribution >= 0.6 is 0 Å². The minimum atomic E-state index is -0.290. The van der Waals surface area contributed by atoms with Crippen molar-refractivity contribution in [1.82, 2.24) is 4.90 Å². The molecule has 1 fully saturated rings. The number of fused-ring (bicyclic) bond motifs is 1. The molecule has 0 unspecified atom stereocenters. The summed E-state index contributed by atoms with van der Waals surface area (Å²) < 4.78 is 5.46. The highest BCUT2D eigenvalue weighted by Crippen LogP contribution is 2.16. The van der Waals surface area contributed by atoms with Crippen LogP contribution < -0.4 is 10.7 Å². The Morgan fingerprint density at radius 1 is 1.03 bits per heavy atom. The van der Waals surface area contributed by atoms with Crippen molar-refractivity contribution >= 4 is 28.6 Å². The number of anilines is 1. The predicted octanol–water partition coefficient (Wildman–Crippen LogP) is 4.43. The second-order valence-electron chi connectivity index (χ2n) is 7.37. The van der Waals surface area contributed by atoms with Gasteiger partial charge in [-0.15, -0.1) is 0 Å². The Bertz CT molecular complexity index is 1080. The summed E-state index contributed by atoms with van der Waals surface area (Å²) in [4.78, 5) is 27.1. The Kier molecular flexibility index (Phi) is 5.86. The first-order valence-electron chi connectivity index (χ1n) is 10.00. The molecule has 0 atom stereocenters. The fourth-order valence-electron chi connectivity index (χ4n) is 3.63. The number of hydrogen-bond acceptors (Lipinski definition) is 4. The maximum Gasteiger partial charge on any atom is 0.248 e. The Morgan fingerprint density at radius 2 is 1.79 bits per heavy atom. The zero-order valence-corrected chi connectivity index (χ0v) is 16.3. The van der Waals surface area contributed by atoms with Crippen molar-refractivity contribution in [2.75, 3.05) is 18.4 Å². The number of nitrogens with one attached hydrogen (secondary N) is 1. The largest absolute Gasteiger partial charge is 0.463 e. The first-order chi connectivity index (χ1) is 14.2. The first-order valence-corrected chi connectivity index (χ1v) is 10.00. The van der Waals surface area contributed by atoms with Gasteiger partial charge in [0.15, 0.2) is 5.43 Å². The van der Waals surface area contributed by atoms with Gasteiger partial charge >= 0.3 is 0 Å². The van der Waals surface area contributed by atoms with E-state index in [2.05, 4.69) is 10.2 Å². The van der Waals surface area contributed by atoms with Crippen molar-refractivity contribution in [3.05, 3.63) is 82.2 Å². The van der Waals surface area contributed by atoms with Gasteiger partial charge in [-0.2, -0.15) is 0 Å². The number of rotatable bonds is 5. The van der Waals surface area contributed by atoms with E-state index >= 15 is 0 Å². The highest BCUT2D eigenvalue weighted by molar-refractivity contribution is 6.02. The van der Waals surface area contributed by atoms with Gasteiger partial charge in [-0.05, 0) is 61.8 Å². The van der Waals surface area contributed by atoms with Crippen molar-refractivity contribution < 1.29 is 9.21 Å². The molecule has 0 spiro atoms. The van der Waals surface area contributed by atoms with Crippen LogP contribution in [-0.4, -0.2) is 23.9 Å². The summed E-state index contributed by atoms with van der Waals surface area (Å²) in [6, 6.07) is 15.0. The molecule has 1 aliphatic rings. The lowest BCUT2D eigenvalue weighted by atomic mass is 10.1. The molecular weight excluding hydrogens is 364 g/mol. The number of nitrogens with zero attached hydrogens (tertiary/aromatic N) is 1. The Hall–Kier alpha value is -3.18. The van der Waals surface area contributed by atoms with Crippen molar-refractivity contribution in [3.8, 4) is 0 Å². The van der Waals surface area contributed by atoms with Crippen LogP contribution in [0.5, 0.6) is 0 Å². The molecule has 2 heterocycles. The zero-order valence-electron chi connectivity index (χ0n) is 16.3. The fraction of sp³-hybridized carbons (Fsp3) is 0.250. The molecule has 1 amide bonds. The summed E-state index contributed by atoms with van der Waals surface area (Å²) in [5, 5.41) is 3.33. The molecule has 0 aliphatic carbocycles.